The highest BCUT2D eigenvalue weighted by atomic mass is 32.2. The van der Waals surface area contributed by atoms with Gasteiger partial charge in [0, 0.05) is 5.92 Å². The molecular weight excluding hydrogens is 416 g/mol. The third-order valence-corrected chi connectivity index (χ3v) is 9.71. The largest absolute Gasteiger partial charge is 0.449 e. The Morgan fingerprint density at radius 1 is 0.968 bits per heavy atom. The van der Waals surface area contributed by atoms with Gasteiger partial charge in [0.25, 0.3) is 0 Å². The van der Waals surface area contributed by atoms with Gasteiger partial charge in [-0.3, -0.25) is 4.79 Å². The number of nitrogens with two attached hydrogens (primary N) is 1. The predicted octanol–water partition coefficient (Wildman–Crippen LogP) is 2.49. The molecule has 2 aromatic rings. The molecule has 2 aromatic carbocycles. The van der Waals surface area contributed by atoms with Crippen LogP contribution in [0, 0.1) is 0 Å². The molecular formula is C23H24N2O5S. The SMILES string of the molecule is NC(=O)C1(NC(=O)OCC2c3ccccc3-c3ccccc32)CC2CCC(C1)S2(=O)=O. The second-order valence-electron chi connectivity index (χ2n) is 8.72. The van der Waals surface area contributed by atoms with Crippen molar-refractivity contribution in [2.45, 2.75) is 47.6 Å². The first-order valence-electron chi connectivity index (χ1n) is 10.5. The molecule has 2 unspecified atom stereocenters. The van der Waals surface area contributed by atoms with Gasteiger partial charge in [0.05, 0.1) is 10.5 Å². The molecule has 1 aliphatic carbocycles. The summed E-state index contributed by atoms with van der Waals surface area (Å²) in [7, 11) is -3.26. The molecule has 5 rings (SSSR count). The Bertz CT molecular complexity index is 1110. The summed E-state index contributed by atoms with van der Waals surface area (Å²) in [5.74, 6) is -0.821. The number of fused-ring (bicyclic) bond motifs is 5. The van der Waals surface area contributed by atoms with Crippen LogP contribution in [0.2, 0.25) is 0 Å². The molecule has 0 aromatic heterocycles. The van der Waals surface area contributed by atoms with Crippen LogP contribution in [0.4, 0.5) is 4.79 Å². The van der Waals surface area contributed by atoms with E-state index in [-0.39, 0.29) is 25.4 Å². The summed E-state index contributed by atoms with van der Waals surface area (Å²) in [4.78, 5) is 25.0. The minimum absolute atomic E-state index is 0.00532. The van der Waals surface area contributed by atoms with Crippen LogP contribution in [0.25, 0.3) is 11.1 Å². The summed E-state index contributed by atoms with van der Waals surface area (Å²) < 4.78 is 30.4. The van der Waals surface area contributed by atoms with Crippen molar-refractivity contribution in [3.05, 3.63) is 59.7 Å². The first-order chi connectivity index (χ1) is 14.8. The van der Waals surface area contributed by atoms with Crippen molar-refractivity contribution in [2.75, 3.05) is 6.61 Å². The van der Waals surface area contributed by atoms with Gasteiger partial charge in [0.2, 0.25) is 5.91 Å². The number of rotatable bonds is 4. The molecule has 0 radical (unpaired) electrons. The number of amides is 2. The number of benzene rings is 2. The van der Waals surface area contributed by atoms with Crippen LogP contribution in [0.3, 0.4) is 0 Å². The summed E-state index contributed by atoms with van der Waals surface area (Å²) in [6, 6.07) is 16.0. The Hall–Kier alpha value is -2.87. The quantitative estimate of drug-likeness (QED) is 0.758. The minimum atomic E-state index is -3.26. The molecule has 2 saturated heterocycles. The summed E-state index contributed by atoms with van der Waals surface area (Å²) >= 11 is 0. The van der Waals surface area contributed by atoms with E-state index in [1.54, 1.807) is 0 Å². The normalized spacial score (nSPS) is 27.9. The smallest absolute Gasteiger partial charge is 0.408 e. The molecule has 2 atom stereocenters. The first-order valence-corrected chi connectivity index (χ1v) is 12.1. The fraction of sp³-hybridized carbons (Fsp3) is 0.391. The molecule has 7 nitrogen and oxygen atoms in total. The third kappa shape index (κ3) is 3.12. The molecule has 0 saturated carbocycles. The number of carbonyl (C=O) groups excluding carboxylic acids is 2. The maximum Gasteiger partial charge on any atom is 0.408 e. The molecule has 2 amide bonds. The molecule has 162 valence electrons. The lowest BCUT2D eigenvalue weighted by molar-refractivity contribution is -0.124. The molecule has 2 heterocycles. The van der Waals surface area contributed by atoms with Crippen molar-refractivity contribution in [3.8, 4) is 11.1 Å². The van der Waals surface area contributed by atoms with Gasteiger partial charge in [-0.2, -0.15) is 0 Å². The van der Waals surface area contributed by atoms with Crippen LogP contribution >= 0.6 is 0 Å². The number of alkyl carbamates (subject to hydrolysis) is 1. The third-order valence-electron chi connectivity index (χ3n) is 7.05. The molecule has 3 aliphatic rings. The lowest BCUT2D eigenvalue weighted by Gasteiger charge is -2.38. The molecule has 2 fully saturated rings. The van der Waals surface area contributed by atoms with Crippen molar-refractivity contribution < 1.29 is 22.7 Å². The van der Waals surface area contributed by atoms with Crippen LogP contribution < -0.4 is 11.1 Å². The van der Waals surface area contributed by atoms with Gasteiger partial charge in [-0.25, -0.2) is 13.2 Å². The zero-order chi connectivity index (χ0) is 21.8. The van der Waals surface area contributed by atoms with Gasteiger partial charge in [-0.1, -0.05) is 48.5 Å². The number of hydrogen-bond acceptors (Lipinski definition) is 5. The van der Waals surface area contributed by atoms with E-state index in [2.05, 4.69) is 17.4 Å². The monoisotopic (exact) mass is 440 g/mol. The van der Waals surface area contributed by atoms with Crippen LogP contribution in [-0.4, -0.2) is 43.1 Å². The molecule has 3 N–H and O–H groups in total. The first kappa shape index (κ1) is 20.1. The van der Waals surface area contributed by atoms with Crippen LogP contribution in [0.5, 0.6) is 0 Å². The average molecular weight is 441 g/mol. The fourth-order valence-corrected chi connectivity index (χ4v) is 7.97. The number of nitrogens with one attached hydrogen (secondary N) is 1. The second-order valence-corrected chi connectivity index (χ2v) is 11.2. The Morgan fingerprint density at radius 3 is 2.00 bits per heavy atom. The number of primary amides is 1. The van der Waals surface area contributed by atoms with Crippen molar-refractivity contribution >= 4 is 21.8 Å². The number of ether oxygens (including phenoxy) is 1. The maximum absolute atomic E-state index is 12.7. The lowest BCUT2D eigenvalue weighted by atomic mass is 9.88. The van der Waals surface area contributed by atoms with Gasteiger partial charge in [-0.15, -0.1) is 0 Å². The summed E-state index contributed by atoms with van der Waals surface area (Å²) in [5, 5.41) is 1.35. The summed E-state index contributed by atoms with van der Waals surface area (Å²) in [5.41, 5.74) is 8.66. The van der Waals surface area contributed by atoms with Crippen LogP contribution in [0.15, 0.2) is 48.5 Å². The molecule has 2 aliphatic heterocycles. The summed E-state index contributed by atoms with van der Waals surface area (Å²) in [6.45, 7) is 0.111. The molecule has 31 heavy (non-hydrogen) atoms. The summed E-state index contributed by atoms with van der Waals surface area (Å²) in [6.07, 6.45) is 0.249. The van der Waals surface area contributed by atoms with Gasteiger partial charge in [-0.05, 0) is 47.9 Å². The number of carbonyl (C=O) groups is 2. The molecule has 8 heteroatoms. The van der Waals surface area contributed by atoms with Crippen molar-refractivity contribution in [2.24, 2.45) is 5.73 Å². The van der Waals surface area contributed by atoms with E-state index in [0.29, 0.717) is 12.8 Å². The van der Waals surface area contributed by atoms with E-state index in [1.807, 2.05) is 36.4 Å². The van der Waals surface area contributed by atoms with E-state index in [1.165, 1.54) is 0 Å². The van der Waals surface area contributed by atoms with Crippen molar-refractivity contribution in [3.63, 3.8) is 0 Å². The van der Waals surface area contributed by atoms with Gasteiger partial charge < -0.3 is 15.8 Å². The predicted molar refractivity (Wildman–Crippen MR) is 115 cm³/mol. The highest BCUT2D eigenvalue weighted by molar-refractivity contribution is 7.93. The van der Waals surface area contributed by atoms with Gasteiger partial charge in [0.1, 0.15) is 12.1 Å². The van der Waals surface area contributed by atoms with E-state index in [9.17, 15) is 18.0 Å². The standard InChI is InChI=1S/C23H24N2O5S/c24-21(26)23(11-14-9-10-15(12-23)31(14,28)29)25-22(27)30-13-20-18-7-3-1-5-16(18)17-6-2-4-8-19(17)20/h1-8,14-15,20H,9-13H2,(H2,24,26)(H,25,27). The number of sulfone groups is 1. The Kier molecular flexibility index (Phi) is 4.58. The lowest BCUT2D eigenvalue weighted by Crippen LogP contribution is -2.63. The van der Waals surface area contributed by atoms with E-state index in [0.717, 1.165) is 22.3 Å². The van der Waals surface area contributed by atoms with Crippen molar-refractivity contribution in [1.29, 1.82) is 0 Å². The van der Waals surface area contributed by atoms with Gasteiger partial charge >= 0.3 is 6.09 Å². The molecule has 2 bridgehead atoms. The van der Waals surface area contributed by atoms with E-state index < -0.39 is 37.9 Å². The minimum Gasteiger partial charge on any atom is -0.449 e. The Labute approximate surface area is 180 Å². The fourth-order valence-electron chi connectivity index (χ4n) is 5.46. The van der Waals surface area contributed by atoms with Crippen molar-refractivity contribution in [1.82, 2.24) is 5.32 Å². The zero-order valence-corrected chi connectivity index (χ0v) is 17.7. The van der Waals surface area contributed by atoms with E-state index in [4.69, 9.17) is 10.5 Å². The maximum atomic E-state index is 12.7. The highest BCUT2D eigenvalue weighted by Gasteiger charge is 2.56. The van der Waals surface area contributed by atoms with E-state index >= 15 is 0 Å². The van der Waals surface area contributed by atoms with Crippen LogP contribution in [0.1, 0.15) is 42.7 Å². The van der Waals surface area contributed by atoms with Crippen LogP contribution in [-0.2, 0) is 19.4 Å². The zero-order valence-electron chi connectivity index (χ0n) is 16.9. The Balaban J connectivity index is 1.33. The topological polar surface area (TPSA) is 116 Å². The molecule has 0 spiro atoms. The Morgan fingerprint density at radius 2 is 1.48 bits per heavy atom. The van der Waals surface area contributed by atoms with Gasteiger partial charge in [0.15, 0.2) is 9.84 Å². The second kappa shape index (κ2) is 7.09. The highest BCUT2D eigenvalue weighted by Crippen LogP contribution is 2.45. The number of hydrogen-bond donors (Lipinski definition) is 2. The average Bonchev–Trinajstić information content (AvgIpc) is 3.09.